The lowest BCUT2D eigenvalue weighted by atomic mass is 11.3. The van der Waals surface area contributed by atoms with E-state index in [-0.39, 0.29) is 4.87 Å². The van der Waals surface area contributed by atoms with Crippen LogP contribution in [-0.4, -0.2) is 19.8 Å². The second kappa shape index (κ2) is 1.41. The van der Waals surface area contributed by atoms with Crippen LogP contribution < -0.4 is 4.87 Å². The van der Waals surface area contributed by atoms with Crippen molar-refractivity contribution in [2.24, 2.45) is 0 Å². The molecule has 1 N–H and O–H groups in total. The predicted molar refractivity (Wildman–Crippen MR) is 31.5 cm³/mol. The molecule has 2 aromatic heterocycles. The second-order valence-corrected chi connectivity index (χ2v) is 2.42. The van der Waals surface area contributed by atoms with Crippen LogP contribution in [0.25, 0.3) is 4.96 Å². The molecule has 2 heterocycles. The average Bonchev–Trinajstić information content (AvgIpc) is 2.22. The van der Waals surface area contributed by atoms with Crippen LogP contribution in [0.5, 0.6) is 0 Å². The Morgan fingerprint density at radius 2 is 2.67 bits per heavy atom. The third-order valence-corrected chi connectivity index (χ3v) is 1.65. The lowest BCUT2D eigenvalue weighted by molar-refractivity contribution is 0.934. The zero-order chi connectivity index (χ0) is 6.27. The Morgan fingerprint density at radius 3 is 3.44 bits per heavy atom. The van der Waals surface area contributed by atoms with Crippen molar-refractivity contribution in [3.05, 3.63) is 16.0 Å². The van der Waals surface area contributed by atoms with Gasteiger partial charge in [-0.3, -0.25) is 4.79 Å². The van der Waals surface area contributed by atoms with Crippen molar-refractivity contribution in [3.8, 4) is 0 Å². The molecule has 0 spiro atoms. The van der Waals surface area contributed by atoms with Crippen LogP contribution >= 0.6 is 11.3 Å². The lowest BCUT2D eigenvalue weighted by Crippen LogP contribution is -1.95. The summed E-state index contributed by atoms with van der Waals surface area (Å²) < 4.78 is 1.48. The van der Waals surface area contributed by atoms with Crippen molar-refractivity contribution in [1.82, 2.24) is 19.8 Å². The fraction of sp³-hybridized carbons (Fsp3) is 0. The SMILES string of the molecule is O=c1[nH]n2cnnc2s1. The fourth-order valence-electron chi connectivity index (χ4n) is 0.575. The van der Waals surface area contributed by atoms with Gasteiger partial charge in [0.05, 0.1) is 0 Å². The maximum Gasteiger partial charge on any atom is 0.322 e. The van der Waals surface area contributed by atoms with Gasteiger partial charge in [0.25, 0.3) is 0 Å². The Hall–Kier alpha value is -1.17. The smallest absolute Gasteiger partial charge is 0.255 e. The molecule has 0 aromatic carbocycles. The number of nitrogens with zero attached hydrogens (tertiary/aromatic N) is 3. The van der Waals surface area contributed by atoms with Crippen LogP contribution in [0.1, 0.15) is 0 Å². The monoisotopic (exact) mass is 142 g/mol. The molecular formula is C3H2N4OS. The number of aromatic amines is 1. The Bertz CT molecular complexity index is 338. The van der Waals surface area contributed by atoms with E-state index in [1.807, 2.05) is 0 Å². The molecule has 0 aliphatic rings. The third-order valence-electron chi connectivity index (χ3n) is 0.912. The normalized spacial score (nSPS) is 10.7. The molecule has 0 saturated heterocycles. The predicted octanol–water partition coefficient (Wildman–Crippen LogP) is -0.521. The first-order valence-electron chi connectivity index (χ1n) is 2.25. The topological polar surface area (TPSA) is 63.0 Å². The molecule has 46 valence electrons. The summed E-state index contributed by atoms with van der Waals surface area (Å²) in [6.07, 6.45) is 1.45. The van der Waals surface area contributed by atoms with Gasteiger partial charge in [-0.05, 0) is 11.3 Å². The zero-order valence-corrected chi connectivity index (χ0v) is 5.05. The van der Waals surface area contributed by atoms with Gasteiger partial charge in [-0.15, -0.1) is 10.2 Å². The molecule has 0 fully saturated rings. The number of rotatable bonds is 0. The van der Waals surface area contributed by atoms with Crippen LogP contribution in [0.4, 0.5) is 0 Å². The third kappa shape index (κ3) is 0.563. The highest BCUT2D eigenvalue weighted by molar-refractivity contribution is 7.14. The number of nitrogens with one attached hydrogen (secondary N) is 1. The number of fused-ring (bicyclic) bond motifs is 1. The van der Waals surface area contributed by atoms with Crippen molar-refractivity contribution < 1.29 is 0 Å². The quantitative estimate of drug-likeness (QED) is 0.538. The molecule has 0 radical (unpaired) electrons. The van der Waals surface area contributed by atoms with E-state index in [1.165, 1.54) is 10.8 Å². The Balaban J connectivity index is 3.08. The first-order valence-corrected chi connectivity index (χ1v) is 3.07. The summed E-state index contributed by atoms with van der Waals surface area (Å²) in [4.78, 5) is 11.0. The summed E-state index contributed by atoms with van der Waals surface area (Å²) in [6.45, 7) is 0. The van der Waals surface area contributed by atoms with E-state index in [4.69, 9.17) is 0 Å². The molecule has 0 unspecified atom stereocenters. The summed E-state index contributed by atoms with van der Waals surface area (Å²) in [6, 6.07) is 0. The molecule has 0 amide bonds. The number of H-pyrrole nitrogens is 1. The molecule has 6 heteroatoms. The van der Waals surface area contributed by atoms with E-state index in [9.17, 15) is 4.79 Å². The zero-order valence-electron chi connectivity index (χ0n) is 4.24. The molecule has 9 heavy (non-hydrogen) atoms. The first kappa shape index (κ1) is 4.68. The fourth-order valence-corrected chi connectivity index (χ4v) is 1.16. The minimum absolute atomic E-state index is 0.111. The standard InChI is InChI=1S/C3H2N4OS/c8-3-6-7-1-4-5-2(7)9-3/h1H,(H,6,8). The summed E-state index contributed by atoms with van der Waals surface area (Å²) in [7, 11) is 0. The van der Waals surface area contributed by atoms with E-state index in [0.29, 0.717) is 4.96 Å². The highest BCUT2D eigenvalue weighted by atomic mass is 32.1. The van der Waals surface area contributed by atoms with Crippen molar-refractivity contribution >= 4 is 16.3 Å². The summed E-state index contributed by atoms with van der Waals surface area (Å²) in [5.41, 5.74) is 0. The molecule has 0 aliphatic heterocycles. The lowest BCUT2D eigenvalue weighted by Gasteiger charge is -1.69. The molecule has 0 aliphatic carbocycles. The van der Waals surface area contributed by atoms with Gasteiger partial charge in [-0.2, -0.15) is 0 Å². The largest absolute Gasteiger partial charge is 0.322 e. The molecular weight excluding hydrogens is 140 g/mol. The Kier molecular flexibility index (Phi) is 0.734. The molecule has 5 nitrogen and oxygen atoms in total. The number of hydrogen-bond donors (Lipinski definition) is 1. The van der Waals surface area contributed by atoms with E-state index in [1.54, 1.807) is 0 Å². The van der Waals surface area contributed by atoms with Crippen LogP contribution in [0.15, 0.2) is 11.1 Å². The first-order chi connectivity index (χ1) is 4.36. The van der Waals surface area contributed by atoms with E-state index in [2.05, 4.69) is 15.3 Å². The summed E-state index contributed by atoms with van der Waals surface area (Å²) >= 11 is 1.04. The maximum atomic E-state index is 10.5. The minimum atomic E-state index is -0.111. The Labute approximate surface area is 52.9 Å². The van der Waals surface area contributed by atoms with Crippen LogP contribution in [0.2, 0.25) is 0 Å². The van der Waals surface area contributed by atoms with E-state index < -0.39 is 0 Å². The van der Waals surface area contributed by atoms with Gasteiger partial charge in [0, 0.05) is 0 Å². The molecule has 0 saturated carbocycles. The summed E-state index contributed by atoms with van der Waals surface area (Å²) in [5.74, 6) is 0. The van der Waals surface area contributed by atoms with E-state index >= 15 is 0 Å². The van der Waals surface area contributed by atoms with Gasteiger partial charge in [0.1, 0.15) is 6.33 Å². The van der Waals surface area contributed by atoms with Crippen molar-refractivity contribution in [2.75, 3.05) is 0 Å². The van der Waals surface area contributed by atoms with Gasteiger partial charge in [0.15, 0.2) is 0 Å². The maximum absolute atomic E-state index is 10.5. The van der Waals surface area contributed by atoms with Gasteiger partial charge in [-0.25, -0.2) is 9.61 Å². The van der Waals surface area contributed by atoms with Crippen molar-refractivity contribution in [1.29, 1.82) is 0 Å². The van der Waals surface area contributed by atoms with Crippen LogP contribution in [0, 0.1) is 0 Å². The van der Waals surface area contributed by atoms with Crippen molar-refractivity contribution in [3.63, 3.8) is 0 Å². The van der Waals surface area contributed by atoms with Crippen LogP contribution in [0.3, 0.4) is 0 Å². The van der Waals surface area contributed by atoms with Gasteiger partial charge < -0.3 is 0 Å². The molecule has 0 bridgehead atoms. The molecule has 0 atom stereocenters. The van der Waals surface area contributed by atoms with Gasteiger partial charge in [0.2, 0.25) is 4.96 Å². The van der Waals surface area contributed by atoms with Gasteiger partial charge >= 0.3 is 4.87 Å². The average molecular weight is 142 g/mol. The highest BCUT2D eigenvalue weighted by Crippen LogP contribution is 1.95. The molecule has 2 rings (SSSR count). The van der Waals surface area contributed by atoms with E-state index in [0.717, 1.165) is 11.3 Å². The van der Waals surface area contributed by atoms with Gasteiger partial charge in [-0.1, -0.05) is 0 Å². The summed E-state index contributed by atoms with van der Waals surface area (Å²) in [5, 5.41) is 9.69. The second-order valence-electron chi connectivity index (χ2n) is 1.48. The number of hydrogen-bond acceptors (Lipinski definition) is 4. The van der Waals surface area contributed by atoms with Crippen molar-refractivity contribution in [2.45, 2.75) is 0 Å². The number of aromatic nitrogens is 4. The minimum Gasteiger partial charge on any atom is -0.255 e. The van der Waals surface area contributed by atoms with Crippen LogP contribution in [-0.2, 0) is 0 Å². The Morgan fingerprint density at radius 1 is 1.78 bits per heavy atom. The highest BCUT2D eigenvalue weighted by Gasteiger charge is 1.96. The molecule has 2 aromatic rings.